The number of guanidine groups is 1. The minimum absolute atomic E-state index is 0. The number of aryl methyl sites for hydroxylation is 1. The van der Waals surface area contributed by atoms with Crippen LogP contribution in [-0.2, 0) is 11.2 Å². The Labute approximate surface area is 209 Å². The summed E-state index contributed by atoms with van der Waals surface area (Å²) in [6, 6.07) is 8.21. The molecule has 1 aromatic carbocycles. The largest absolute Gasteiger partial charge is 0.444 e. The Morgan fingerprint density at radius 1 is 1.25 bits per heavy atom. The average Bonchev–Trinajstić information content (AvgIpc) is 3.21. The second kappa shape index (κ2) is 13.8. The Balaban J connectivity index is 0.00000363. The molecule has 1 atom stereocenters. The van der Waals surface area contributed by atoms with E-state index in [0.29, 0.717) is 18.4 Å². The number of morpholine rings is 1. The molecular weight excluding hydrogens is 517 g/mol. The Hall–Kier alpha value is -1.65. The minimum atomic E-state index is 0. The second-order valence-electron chi connectivity index (χ2n) is 8.55. The number of ether oxygens (including phenoxy) is 1. The highest BCUT2D eigenvalue weighted by atomic mass is 127. The van der Waals surface area contributed by atoms with Crippen molar-refractivity contribution in [1.29, 1.82) is 0 Å². The number of halogens is 1. The van der Waals surface area contributed by atoms with E-state index in [2.05, 4.69) is 60.3 Å². The lowest BCUT2D eigenvalue weighted by Gasteiger charge is -2.33. The Bertz CT molecular complexity index is 822. The van der Waals surface area contributed by atoms with Gasteiger partial charge in [-0.15, -0.1) is 24.0 Å². The monoisotopic (exact) mass is 555 g/mol. The molecule has 1 fully saturated rings. The average molecular weight is 556 g/mol. The van der Waals surface area contributed by atoms with E-state index in [-0.39, 0.29) is 30.1 Å². The SMILES string of the molecule is CCNC(=NCC1CN(CC(C)C)CCO1)NCCc1coc(-c2ccc(C)cc2)n1.I. The maximum atomic E-state index is 5.92. The molecule has 2 aromatic rings. The molecule has 1 saturated heterocycles. The number of nitrogens with one attached hydrogen (secondary N) is 2. The molecule has 2 heterocycles. The quantitative estimate of drug-likeness (QED) is 0.279. The van der Waals surface area contributed by atoms with E-state index in [4.69, 9.17) is 14.1 Å². The van der Waals surface area contributed by atoms with E-state index in [1.165, 1.54) is 5.56 Å². The Morgan fingerprint density at radius 3 is 2.75 bits per heavy atom. The smallest absolute Gasteiger partial charge is 0.226 e. The highest BCUT2D eigenvalue weighted by molar-refractivity contribution is 14.0. The van der Waals surface area contributed by atoms with Gasteiger partial charge in [-0.3, -0.25) is 9.89 Å². The van der Waals surface area contributed by atoms with Crippen LogP contribution in [0.15, 0.2) is 39.9 Å². The van der Waals surface area contributed by atoms with Gasteiger partial charge in [0, 0.05) is 44.7 Å². The van der Waals surface area contributed by atoms with Gasteiger partial charge in [0.1, 0.15) is 6.26 Å². The minimum Gasteiger partial charge on any atom is -0.444 e. The molecule has 1 unspecified atom stereocenters. The first-order valence-corrected chi connectivity index (χ1v) is 11.4. The van der Waals surface area contributed by atoms with Gasteiger partial charge in [-0.2, -0.15) is 0 Å². The fourth-order valence-electron chi connectivity index (χ4n) is 3.67. The lowest BCUT2D eigenvalue weighted by molar-refractivity contribution is -0.0261. The van der Waals surface area contributed by atoms with Crippen LogP contribution in [0, 0.1) is 12.8 Å². The molecule has 0 amide bonds. The van der Waals surface area contributed by atoms with E-state index >= 15 is 0 Å². The van der Waals surface area contributed by atoms with Crippen LogP contribution < -0.4 is 10.6 Å². The van der Waals surface area contributed by atoms with Crippen molar-refractivity contribution in [3.05, 3.63) is 41.8 Å². The van der Waals surface area contributed by atoms with Crippen molar-refractivity contribution in [3.63, 3.8) is 0 Å². The fourth-order valence-corrected chi connectivity index (χ4v) is 3.67. The molecule has 1 aliphatic rings. The maximum absolute atomic E-state index is 5.92. The molecule has 8 heteroatoms. The van der Waals surface area contributed by atoms with Gasteiger partial charge in [0.25, 0.3) is 0 Å². The molecule has 3 rings (SSSR count). The van der Waals surface area contributed by atoms with Crippen LogP contribution in [0.1, 0.15) is 32.0 Å². The zero-order valence-corrected chi connectivity index (χ0v) is 22.1. The van der Waals surface area contributed by atoms with Crippen molar-refractivity contribution >= 4 is 29.9 Å². The van der Waals surface area contributed by atoms with Gasteiger partial charge in [0.15, 0.2) is 5.96 Å². The van der Waals surface area contributed by atoms with Gasteiger partial charge in [0.2, 0.25) is 5.89 Å². The molecule has 0 bridgehead atoms. The van der Waals surface area contributed by atoms with Crippen LogP contribution in [0.3, 0.4) is 0 Å². The first-order chi connectivity index (χ1) is 15.0. The van der Waals surface area contributed by atoms with Crippen LogP contribution in [0.4, 0.5) is 0 Å². The van der Waals surface area contributed by atoms with Crippen molar-refractivity contribution in [2.45, 2.75) is 40.2 Å². The normalized spacial score (nSPS) is 17.3. The summed E-state index contributed by atoms with van der Waals surface area (Å²) in [7, 11) is 0. The summed E-state index contributed by atoms with van der Waals surface area (Å²) >= 11 is 0. The molecule has 7 nitrogen and oxygen atoms in total. The lowest BCUT2D eigenvalue weighted by Crippen LogP contribution is -2.46. The van der Waals surface area contributed by atoms with Crippen molar-refractivity contribution in [2.24, 2.45) is 10.9 Å². The van der Waals surface area contributed by atoms with Crippen molar-refractivity contribution < 1.29 is 9.15 Å². The van der Waals surface area contributed by atoms with Crippen LogP contribution in [-0.4, -0.2) is 67.8 Å². The number of nitrogens with zero attached hydrogens (tertiary/aromatic N) is 3. The third-order valence-electron chi connectivity index (χ3n) is 5.17. The van der Waals surface area contributed by atoms with Gasteiger partial charge in [-0.05, 0) is 31.9 Å². The second-order valence-corrected chi connectivity index (χ2v) is 8.55. The number of rotatable bonds is 9. The van der Waals surface area contributed by atoms with Gasteiger partial charge < -0.3 is 19.8 Å². The first-order valence-electron chi connectivity index (χ1n) is 11.4. The summed E-state index contributed by atoms with van der Waals surface area (Å²) < 4.78 is 11.6. The highest BCUT2D eigenvalue weighted by Crippen LogP contribution is 2.19. The molecule has 0 saturated carbocycles. The van der Waals surface area contributed by atoms with E-state index in [1.54, 1.807) is 6.26 Å². The highest BCUT2D eigenvalue weighted by Gasteiger charge is 2.20. The lowest BCUT2D eigenvalue weighted by atomic mass is 10.1. The first kappa shape index (κ1) is 26.6. The Morgan fingerprint density at radius 2 is 2.03 bits per heavy atom. The van der Waals surface area contributed by atoms with E-state index in [9.17, 15) is 0 Å². The number of aliphatic imine (C=N–C) groups is 1. The van der Waals surface area contributed by atoms with Gasteiger partial charge in [-0.1, -0.05) is 31.5 Å². The molecule has 178 valence electrons. The molecule has 1 aliphatic heterocycles. The zero-order chi connectivity index (χ0) is 22.1. The van der Waals surface area contributed by atoms with Crippen LogP contribution in [0.25, 0.3) is 11.5 Å². The number of aromatic nitrogens is 1. The molecule has 0 aliphatic carbocycles. The molecule has 2 N–H and O–H groups in total. The van der Waals surface area contributed by atoms with Gasteiger partial charge in [-0.25, -0.2) is 4.98 Å². The predicted octanol–water partition coefficient (Wildman–Crippen LogP) is 3.72. The third kappa shape index (κ3) is 8.71. The van der Waals surface area contributed by atoms with Gasteiger partial charge >= 0.3 is 0 Å². The summed E-state index contributed by atoms with van der Waals surface area (Å²) in [6.07, 6.45) is 2.65. The molecular formula is C24H38IN5O2. The standard InChI is InChI=1S/C24H37N5O2.HI/c1-5-25-24(27-14-22-16-29(12-13-30-22)15-18(2)3)26-11-10-21-17-31-23(28-21)20-8-6-19(4)7-9-20;/h6-9,17-18,22H,5,10-16H2,1-4H3,(H2,25,26,27);1H. The molecule has 1 aromatic heterocycles. The van der Waals surface area contributed by atoms with Crippen molar-refractivity contribution in [2.75, 3.05) is 45.9 Å². The number of hydrogen-bond donors (Lipinski definition) is 2. The maximum Gasteiger partial charge on any atom is 0.226 e. The molecule has 32 heavy (non-hydrogen) atoms. The number of benzene rings is 1. The van der Waals surface area contributed by atoms with Crippen LogP contribution in [0.2, 0.25) is 0 Å². The summed E-state index contributed by atoms with van der Waals surface area (Å²) in [5.41, 5.74) is 3.15. The van der Waals surface area contributed by atoms with Crippen LogP contribution in [0.5, 0.6) is 0 Å². The topological polar surface area (TPSA) is 74.9 Å². The summed E-state index contributed by atoms with van der Waals surface area (Å²) in [6.45, 7) is 14.7. The van der Waals surface area contributed by atoms with E-state index < -0.39 is 0 Å². The van der Waals surface area contributed by atoms with E-state index in [0.717, 1.165) is 63.0 Å². The predicted molar refractivity (Wildman–Crippen MR) is 141 cm³/mol. The van der Waals surface area contributed by atoms with Crippen molar-refractivity contribution in [3.8, 4) is 11.5 Å². The van der Waals surface area contributed by atoms with Gasteiger partial charge in [0.05, 0.1) is 24.9 Å². The summed E-state index contributed by atoms with van der Waals surface area (Å²) in [4.78, 5) is 11.8. The molecule has 0 radical (unpaired) electrons. The molecule has 0 spiro atoms. The summed E-state index contributed by atoms with van der Waals surface area (Å²) in [5, 5.41) is 6.71. The van der Waals surface area contributed by atoms with Crippen LogP contribution >= 0.6 is 24.0 Å². The zero-order valence-electron chi connectivity index (χ0n) is 19.8. The summed E-state index contributed by atoms with van der Waals surface area (Å²) in [5.74, 6) is 2.15. The Kier molecular flexibility index (Phi) is 11.5. The van der Waals surface area contributed by atoms with Crippen molar-refractivity contribution in [1.82, 2.24) is 20.5 Å². The number of oxazole rings is 1. The fraction of sp³-hybridized carbons (Fsp3) is 0.583. The van der Waals surface area contributed by atoms with E-state index in [1.807, 2.05) is 12.1 Å². The third-order valence-corrected chi connectivity index (χ3v) is 5.17. The number of hydrogen-bond acceptors (Lipinski definition) is 5.